The Morgan fingerprint density at radius 2 is 2.00 bits per heavy atom. The Morgan fingerprint density at radius 3 is 2.58 bits per heavy atom. The summed E-state index contributed by atoms with van der Waals surface area (Å²) >= 11 is 0. The first-order valence-corrected chi connectivity index (χ1v) is 6.27. The number of carbonyl (C=O) groups is 2. The van der Waals surface area contributed by atoms with Crippen molar-refractivity contribution < 1.29 is 14.7 Å². The predicted molar refractivity (Wildman–Crippen MR) is 73.1 cm³/mol. The van der Waals surface area contributed by atoms with Gasteiger partial charge in [0.05, 0.1) is 0 Å². The summed E-state index contributed by atoms with van der Waals surface area (Å²) in [6, 6.07) is 4.82. The van der Waals surface area contributed by atoms with Gasteiger partial charge in [0.2, 0.25) is 5.91 Å². The molecule has 0 radical (unpaired) electrons. The number of benzene rings is 1. The minimum Gasteiger partial charge on any atom is -0.508 e. The lowest BCUT2D eigenvalue weighted by Gasteiger charge is -2.09. The second-order valence-electron chi connectivity index (χ2n) is 4.73. The van der Waals surface area contributed by atoms with Crippen molar-refractivity contribution in [3.05, 3.63) is 29.3 Å². The highest BCUT2D eigenvalue weighted by Crippen LogP contribution is 2.17. The van der Waals surface area contributed by atoms with Crippen LogP contribution in [0.5, 0.6) is 5.75 Å². The van der Waals surface area contributed by atoms with Gasteiger partial charge in [0.1, 0.15) is 5.75 Å². The molecule has 0 unspecified atom stereocenters. The van der Waals surface area contributed by atoms with E-state index in [2.05, 4.69) is 10.6 Å². The molecule has 0 saturated carbocycles. The van der Waals surface area contributed by atoms with E-state index in [1.165, 1.54) is 6.07 Å². The molecule has 0 bridgehead atoms. The van der Waals surface area contributed by atoms with Gasteiger partial charge in [-0.15, -0.1) is 0 Å². The van der Waals surface area contributed by atoms with Crippen LogP contribution in [0.3, 0.4) is 0 Å². The highest BCUT2D eigenvalue weighted by atomic mass is 16.3. The molecule has 0 fully saturated rings. The van der Waals surface area contributed by atoms with Crippen molar-refractivity contribution in [1.29, 1.82) is 0 Å². The molecule has 19 heavy (non-hydrogen) atoms. The zero-order valence-corrected chi connectivity index (χ0v) is 11.5. The van der Waals surface area contributed by atoms with Gasteiger partial charge in [0.25, 0.3) is 5.91 Å². The number of phenols is 1. The third-order valence-electron chi connectivity index (χ3n) is 2.56. The van der Waals surface area contributed by atoms with Crippen LogP contribution in [0, 0.1) is 6.92 Å². The van der Waals surface area contributed by atoms with Crippen molar-refractivity contribution in [2.75, 3.05) is 6.54 Å². The molecule has 0 aromatic heterocycles. The monoisotopic (exact) mass is 264 g/mol. The van der Waals surface area contributed by atoms with Crippen LogP contribution in [0.2, 0.25) is 0 Å². The van der Waals surface area contributed by atoms with E-state index in [0.29, 0.717) is 11.1 Å². The zero-order valence-electron chi connectivity index (χ0n) is 11.5. The van der Waals surface area contributed by atoms with Crippen LogP contribution in [-0.4, -0.2) is 29.5 Å². The molecule has 1 rings (SSSR count). The lowest BCUT2D eigenvalue weighted by molar-refractivity contribution is -0.121. The van der Waals surface area contributed by atoms with Crippen molar-refractivity contribution in [1.82, 2.24) is 10.6 Å². The zero-order chi connectivity index (χ0) is 14.4. The Morgan fingerprint density at radius 1 is 1.32 bits per heavy atom. The highest BCUT2D eigenvalue weighted by Gasteiger charge is 2.08. The van der Waals surface area contributed by atoms with E-state index in [9.17, 15) is 14.7 Å². The first-order chi connectivity index (χ1) is 8.90. The van der Waals surface area contributed by atoms with E-state index < -0.39 is 0 Å². The van der Waals surface area contributed by atoms with E-state index in [0.717, 1.165) is 0 Å². The number of amides is 2. The van der Waals surface area contributed by atoms with Crippen LogP contribution in [0.4, 0.5) is 0 Å². The predicted octanol–water partition coefficient (Wildman–Crippen LogP) is 1.35. The van der Waals surface area contributed by atoms with E-state index in [1.807, 2.05) is 13.8 Å². The molecule has 5 nitrogen and oxygen atoms in total. The van der Waals surface area contributed by atoms with Gasteiger partial charge in [0.15, 0.2) is 0 Å². The van der Waals surface area contributed by atoms with E-state index >= 15 is 0 Å². The molecule has 0 aliphatic heterocycles. The molecule has 0 atom stereocenters. The minimum atomic E-state index is -0.298. The fourth-order valence-corrected chi connectivity index (χ4v) is 1.54. The summed E-state index contributed by atoms with van der Waals surface area (Å²) in [5.41, 5.74) is 1.10. The maximum absolute atomic E-state index is 11.8. The molecule has 0 aliphatic carbocycles. The number of hydrogen-bond acceptors (Lipinski definition) is 3. The number of nitrogens with one attached hydrogen (secondary N) is 2. The van der Waals surface area contributed by atoms with Gasteiger partial charge in [-0.1, -0.05) is 6.07 Å². The van der Waals surface area contributed by atoms with Crippen LogP contribution in [0.15, 0.2) is 18.2 Å². The first-order valence-electron chi connectivity index (χ1n) is 6.27. The van der Waals surface area contributed by atoms with Crippen molar-refractivity contribution >= 4 is 11.8 Å². The molecule has 104 valence electrons. The lowest BCUT2D eigenvalue weighted by atomic mass is 10.1. The fourth-order valence-electron chi connectivity index (χ4n) is 1.54. The molecule has 3 N–H and O–H groups in total. The number of aromatic hydroxyl groups is 1. The Labute approximate surface area is 113 Å². The van der Waals surface area contributed by atoms with Crippen LogP contribution in [-0.2, 0) is 4.79 Å². The van der Waals surface area contributed by atoms with Crippen molar-refractivity contribution in [3.8, 4) is 5.75 Å². The average Bonchev–Trinajstić information content (AvgIpc) is 2.31. The topological polar surface area (TPSA) is 78.4 Å². The van der Waals surface area contributed by atoms with E-state index in [-0.39, 0.29) is 36.6 Å². The van der Waals surface area contributed by atoms with Crippen molar-refractivity contribution in [2.24, 2.45) is 0 Å². The lowest BCUT2D eigenvalue weighted by Crippen LogP contribution is -2.34. The Kier molecular flexibility index (Phi) is 5.36. The summed E-state index contributed by atoms with van der Waals surface area (Å²) in [4.78, 5) is 23.1. The van der Waals surface area contributed by atoms with Crippen LogP contribution in [0.25, 0.3) is 0 Å². The number of phenolic OH excluding ortho intramolecular Hbond substituents is 1. The number of carbonyl (C=O) groups excluding carboxylic acids is 2. The van der Waals surface area contributed by atoms with Gasteiger partial charge in [-0.2, -0.15) is 0 Å². The maximum atomic E-state index is 11.8. The second kappa shape index (κ2) is 6.78. The summed E-state index contributed by atoms with van der Waals surface area (Å²) in [5, 5.41) is 14.9. The van der Waals surface area contributed by atoms with E-state index in [4.69, 9.17) is 0 Å². The third kappa shape index (κ3) is 4.99. The first kappa shape index (κ1) is 15.0. The SMILES string of the molecule is Cc1ccc(C(=O)NCCC(=O)NC(C)C)cc1O. The quantitative estimate of drug-likeness (QED) is 0.751. The molecular formula is C14H20N2O3. The number of hydrogen-bond donors (Lipinski definition) is 3. The maximum Gasteiger partial charge on any atom is 0.251 e. The number of aryl methyl sites for hydroxylation is 1. The summed E-state index contributed by atoms with van der Waals surface area (Å²) in [6.45, 7) is 5.79. The number of rotatable bonds is 5. The summed E-state index contributed by atoms with van der Waals surface area (Å²) in [7, 11) is 0. The van der Waals surface area contributed by atoms with Gasteiger partial charge >= 0.3 is 0 Å². The summed E-state index contributed by atoms with van der Waals surface area (Å²) in [6.07, 6.45) is 0.238. The molecule has 0 aliphatic rings. The molecule has 0 spiro atoms. The van der Waals surface area contributed by atoms with Gasteiger partial charge in [0, 0.05) is 24.6 Å². The second-order valence-corrected chi connectivity index (χ2v) is 4.73. The largest absolute Gasteiger partial charge is 0.508 e. The fraction of sp³-hybridized carbons (Fsp3) is 0.429. The third-order valence-corrected chi connectivity index (χ3v) is 2.56. The van der Waals surface area contributed by atoms with Crippen LogP contribution in [0.1, 0.15) is 36.2 Å². The van der Waals surface area contributed by atoms with Crippen LogP contribution < -0.4 is 10.6 Å². The van der Waals surface area contributed by atoms with Crippen LogP contribution >= 0.6 is 0 Å². The molecular weight excluding hydrogens is 244 g/mol. The highest BCUT2D eigenvalue weighted by molar-refractivity contribution is 5.94. The Bertz CT molecular complexity index is 470. The van der Waals surface area contributed by atoms with Gasteiger partial charge in [-0.25, -0.2) is 0 Å². The minimum absolute atomic E-state index is 0.0881. The molecule has 2 amide bonds. The standard InChI is InChI=1S/C14H20N2O3/c1-9(2)16-13(18)6-7-15-14(19)11-5-4-10(3)12(17)8-11/h4-5,8-9,17H,6-7H2,1-3H3,(H,15,19)(H,16,18). The van der Waals surface area contributed by atoms with Crippen molar-refractivity contribution in [3.63, 3.8) is 0 Å². The smallest absolute Gasteiger partial charge is 0.251 e. The molecule has 1 aromatic rings. The summed E-state index contributed by atoms with van der Waals surface area (Å²) < 4.78 is 0. The molecule has 5 heteroatoms. The molecule has 1 aromatic carbocycles. The Balaban J connectivity index is 2.43. The summed E-state index contributed by atoms with van der Waals surface area (Å²) in [5.74, 6) is -0.306. The van der Waals surface area contributed by atoms with Gasteiger partial charge in [-0.05, 0) is 38.5 Å². The van der Waals surface area contributed by atoms with Gasteiger partial charge in [-0.3, -0.25) is 9.59 Å². The normalized spacial score (nSPS) is 10.3. The Hall–Kier alpha value is -2.04. The van der Waals surface area contributed by atoms with Gasteiger partial charge < -0.3 is 15.7 Å². The van der Waals surface area contributed by atoms with E-state index in [1.54, 1.807) is 19.1 Å². The average molecular weight is 264 g/mol. The molecule has 0 heterocycles. The van der Waals surface area contributed by atoms with Crippen molar-refractivity contribution in [2.45, 2.75) is 33.2 Å². The molecule has 0 saturated heterocycles.